The summed E-state index contributed by atoms with van der Waals surface area (Å²) in [6.45, 7) is 8.40. The van der Waals surface area contributed by atoms with E-state index >= 15 is 0 Å². The van der Waals surface area contributed by atoms with Crippen LogP contribution in [0.1, 0.15) is 50.1 Å². The number of hydroxylamine groups is 1. The minimum absolute atomic E-state index is 0.104. The molecule has 0 bridgehead atoms. The predicted octanol–water partition coefficient (Wildman–Crippen LogP) is 1.25. The molecule has 1 aromatic heterocycles. The Kier molecular flexibility index (Phi) is 4.42. The number of amides is 1. The Morgan fingerprint density at radius 3 is 2.62 bits per heavy atom. The molecule has 0 aliphatic carbocycles. The van der Waals surface area contributed by atoms with E-state index in [1.807, 2.05) is 27.7 Å². The van der Waals surface area contributed by atoms with Crippen molar-refractivity contribution >= 4 is 5.91 Å². The number of nitrogens with zero attached hydrogens (tertiary/aromatic N) is 2. The molecular weight excluding hydrogens is 208 g/mol. The highest BCUT2D eigenvalue weighted by atomic mass is 16.7. The molecule has 1 heterocycles. The molecule has 0 aliphatic rings. The first-order chi connectivity index (χ1) is 7.50. The third kappa shape index (κ3) is 3.62. The van der Waals surface area contributed by atoms with Crippen LogP contribution < -0.4 is 5.48 Å². The smallest absolute Gasteiger partial charge is 0.273 e. The summed E-state index contributed by atoms with van der Waals surface area (Å²) in [7, 11) is 0. The minimum Gasteiger partial charge on any atom is -0.273 e. The summed E-state index contributed by atoms with van der Waals surface area (Å²) in [5.74, 6) is 0.939. The van der Waals surface area contributed by atoms with Crippen LogP contribution in [0.15, 0.2) is 0 Å². The number of carbonyl (C=O) groups is 1. The van der Waals surface area contributed by atoms with E-state index in [0.717, 1.165) is 0 Å². The van der Waals surface area contributed by atoms with Gasteiger partial charge in [-0.2, -0.15) is 0 Å². The zero-order valence-corrected chi connectivity index (χ0v) is 10.1. The van der Waals surface area contributed by atoms with Gasteiger partial charge in [0.05, 0.1) is 6.61 Å². The summed E-state index contributed by atoms with van der Waals surface area (Å²) in [5.41, 5.74) is 2.30. The molecule has 0 atom stereocenters. The van der Waals surface area contributed by atoms with E-state index in [4.69, 9.17) is 4.84 Å². The topological polar surface area (TPSA) is 79.9 Å². The van der Waals surface area contributed by atoms with Crippen LogP contribution in [0.3, 0.4) is 0 Å². The maximum atomic E-state index is 11.5. The summed E-state index contributed by atoms with van der Waals surface area (Å²) in [6, 6.07) is 0. The molecule has 0 spiro atoms. The molecule has 0 aromatic carbocycles. The molecular formula is C10H18N4O2. The number of H-pyrrole nitrogens is 1. The summed E-state index contributed by atoms with van der Waals surface area (Å²) < 4.78 is 0. The van der Waals surface area contributed by atoms with Crippen LogP contribution in [-0.2, 0) is 4.84 Å². The van der Waals surface area contributed by atoms with Crippen LogP contribution in [0.2, 0.25) is 0 Å². The van der Waals surface area contributed by atoms with E-state index in [1.165, 1.54) is 0 Å². The van der Waals surface area contributed by atoms with E-state index in [2.05, 4.69) is 20.7 Å². The first-order valence-corrected chi connectivity index (χ1v) is 5.35. The Morgan fingerprint density at radius 1 is 1.44 bits per heavy atom. The second kappa shape index (κ2) is 5.60. The number of aromatic nitrogens is 3. The molecule has 1 rings (SSSR count). The average Bonchev–Trinajstić information content (AvgIpc) is 2.65. The van der Waals surface area contributed by atoms with Gasteiger partial charge in [-0.3, -0.25) is 14.7 Å². The van der Waals surface area contributed by atoms with Crippen molar-refractivity contribution in [1.82, 2.24) is 20.7 Å². The SMILES string of the molecule is CC(C)CONC(=O)c1n[nH]c(C(C)C)n1. The van der Waals surface area contributed by atoms with E-state index in [-0.39, 0.29) is 11.7 Å². The Bertz CT molecular complexity index is 346. The quantitative estimate of drug-likeness (QED) is 0.740. The highest BCUT2D eigenvalue weighted by Gasteiger charge is 2.13. The van der Waals surface area contributed by atoms with Gasteiger partial charge in [-0.1, -0.05) is 27.7 Å². The van der Waals surface area contributed by atoms with Crippen LogP contribution in [0.4, 0.5) is 0 Å². The molecule has 0 radical (unpaired) electrons. The van der Waals surface area contributed by atoms with E-state index in [1.54, 1.807) is 0 Å². The summed E-state index contributed by atoms with van der Waals surface area (Å²) in [6.07, 6.45) is 0. The molecule has 16 heavy (non-hydrogen) atoms. The van der Waals surface area contributed by atoms with E-state index < -0.39 is 5.91 Å². The second-order valence-electron chi connectivity index (χ2n) is 4.33. The summed E-state index contributed by atoms with van der Waals surface area (Å²) >= 11 is 0. The Morgan fingerprint density at radius 2 is 2.12 bits per heavy atom. The molecule has 0 aliphatic heterocycles. The van der Waals surface area contributed by atoms with Crippen molar-refractivity contribution in [2.75, 3.05) is 6.61 Å². The minimum atomic E-state index is -0.427. The number of hydrogen-bond acceptors (Lipinski definition) is 4. The lowest BCUT2D eigenvalue weighted by atomic mass is 10.2. The third-order valence-corrected chi connectivity index (χ3v) is 1.83. The van der Waals surface area contributed by atoms with Crippen LogP contribution in [0.5, 0.6) is 0 Å². The van der Waals surface area contributed by atoms with Crippen LogP contribution in [0, 0.1) is 5.92 Å². The molecule has 6 nitrogen and oxygen atoms in total. The van der Waals surface area contributed by atoms with Crippen LogP contribution >= 0.6 is 0 Å². The van der Waals surface area contributed by atoms with Gasteiger partial charge in [-0.15, -0.1) is 5.10 Å². The first-order valence-electron chi connectivity index (χ1n) is 5.35. The van der Waals surface area contributed by atoms with Crippen molar-refractivity contribution in [1.29, 1.82) is 0 Å². The van der Waals surface area contributed by atoms with Crippen molar-refractivity contribution in [3.8, 4) is 0 Å². The third-order valence-electron chi connectivity index (χ3n) is 1.83. The zero-order chi connectivity index (χ0) is 12.1. The van der Waals surface area contributed by atoms with Gasteiger partial charge < -0.3 is 0 Å². The van der Waals surface area contributed by atoms with Crippen molar-refractivity contribution in [3.63, 3.8) is 0 Å². The molecule has 1 amide bonds. The van der Waals surface area contributed by atoms with Crippen molar-refractivity contribution in [3.05, 3.63) is 11.6 Å². The fourth-order valence-electron chi connectivity index (χ4n) is 0.954. The normalized spacial score (nSPS) is 11.1. The van der Waals surface area contributed by atoms with Gasteiger partial charge >= 0.3 is 5.91 Å². The summed E-state index contributed by atoms with van der Waals surface area (Å²) in [4.78, 5) is 20.5. The largest absolute Gasteiger partial charge is 0.314 e. The van der Waals surface area contributed by atoms with Gasteiger partial charge in [0.15, 0.2) is 0 Å². The van der Waals surface area contributed by atoms with E-state index in [9.17, 15) is 4.79 Å². The van der Waals surface area contributed by atoms with Crippen LogP contribution in [-0.4, -0.2) is 27.7 Å². The highest BCUT2D eigenvalue weighted by molar-refractivity contribution is 5.89. The lowest BCUT2D eigenvalue weighted by Crippen LogP contribution is -2.26. The van der Waals surface area contributed by atoms with Gasteiger partial charge in [0.1, 0.15) is 5.82 Å². The van der Waals surface area contributed by atoms with Crippen molar-refractivity contribution in [2.45, 2.75) is 33.6 Å². The van der Waals surface area contributed by atoms with Crippen LogP contribution in [0.25, 0.3) is 0 Å². The Balaban J connectivity index is 2.46. The van der Waals surface area contributed by atoms with E-state index in [0.29, 0.717) is 18.3 Å². The molecule has 90 valence electrons. The molecule has 6 heteroatoms. The zero-order valence-electron chi connectivity index (χ0n) is 10.1. The number of hydrogen-bond donors (Lipinski definition) is 2. The van der Waals surface area contributed by atoms with Gasteiger partial charge in [0.2, 0.25) is 5.82 Å². The highest BCUT2D eigenvalue weighted by Crippen LogP contribution is 2.07. The number of carbonyl (C=O) groups excluding carboxylic acids is 1. The number of nitrogens with one attached hydrogen (secondary N) is 2. The fourth-order valence-corrected chi connectivity index (χ4v) is 0.954. The summed E-state index contributed by atoms with van der Waals surface area (Å²) in [5, 5.41) is 6.51. The predicted molar refractivity (Wildman–Crippen MR) is 58.7 cm³/mol. The lowest BCUT2D eigenvalue weighted by molar-refractivity contribution is 0.0201. The number of rotatable bonds is 5. The molecule has 0 unspecified atom stereocenters. The monoisotopic (exact) mass is 226 g/mol. The molecule has 0 saturated heterocycles. The average molecular weight is 226 g/mol. The standard InChI is InChI=1S/C10H18N4O2/c1-6(2)5-16-14-10(15)9-11-8(7(3)4)12-13-9/h6-7H,5H2,1-4H3,(H,14,15)(H,11,12,13). The first kappa shape index (κ1) is 12.6. The maximum absolute atomic E-state index is 11.5. The van der Waals surface area contributed by atoms with Crippen molar-refractivity contribution in [2.24, 2.45) is 5.92 Å². The fraction of sp³-hybridized carbons (Fsp3) is 0.700. The van der Waals surface area contributed by atoms with Gasteiger partial charge in [0, 0.05) is 5.92 Å². The second-order valence-corrected chi connectivity index (χ2v) is 4.33. The Labute approximate surface area is 94.7 Å². The van der Waals surface area contributed by atoms with Gasteiger partial charge in [0.25, 0.3) is 0 Å². The molecule has 1 aromatic rings. The van der Waals surface area contributed by atoms with Gasteiger partial charge in [-0.05, 0) is 5.92 Å². The molecule has 2 N–H and O–H groups in total. The van der Waals surface area contributed by atoms with Gasteiger partial charge in [-0.25, -0.2) is 10.5 Å². The number of aromatic amines is 1. The maximum Gasteiger partial charge on any atom is 0.314 e. The Hall–Kier alpha value is -1.43. The molecule has 0 saturated carbocycles. The molecule has 0 fully saturated rings. The lowest BCUT2D eigenvalue weighted by Gasteiger charge is -2.05. The van der Waals surface area contributed by atoms with Crippen molar-refractivity contribution < 1.29 is 9.63 Å².